The lowest BCUT2D eigenvalue weighted by molar-refractivity contribution is -0.113. The molecule has 0 spiro atoms. The molecule has 1 saturated heterocycles. The minimum Gasteiger partial charge on any atom is -0.369 e. The van der Waals surface area contributed by atoms with Gasteiger partial charge in [0.15, 0.2) is 0 Å². The third-order valence-corrected chi connectivity index (χ3v) is 5.44. The van der Waals surface area contributed by atoms with Crippen LogP contribution in [-0.4, -0.2) is 49.8 Å². The first-order valence-corrected chi connectivity index (χ1v) is 9.91. The zero-order chi connectivity index (χ0) is 18.4. The molecule has 3 rings (SSSR count). The van der Waals surface area contributed by atoms with Crippen molar-refractivity contribution in [1.29, 1.82) is 0 Å². The number of thioether (sulfide) groups is 1. The van der Waals surface area contributed by atoms with Gasteiger partial charge in [-0.3, -0.25) is 4.79 Å². The molecule has 138 valence electrons. The van der Waals surface area contributed by atoms with Crippen LogP contribution in [-0.2, 0) is 10.5 Å². The van der Waals surface area contributed by atoms with E-state index in [4.69, 9.17) is 0 Å². The molecule has 0 aromatic heterocycles. The minimum absolute atomic E-state index is 0.0236. The molecule has 1 amide bonds. The second kappa shape index (κ2) is 9.05. The lowest BCUT2D eigenvalue weighted by Gasteiger charge is -2.34. The monoisotopic (exact) mass is 373 g/mol. The molecule has 1 N–H and O–H groups in total. The Labute approximate surface area is 158 Å². The lowest BCUT2D eigenvalue weighted by atomic mass is 10.2. The number of nitrogens with one attached hydrogen (secondary N) is 1. The summed E-state index contributed by atoms with van der Waals surface area (Å²) < 4.78 is 12.9. The van der Waals surface area contributed by atoms with Crippen LogP contribution in [0.3, 0.4) is 0 Å². The number of rotatable bonds is 6. The fourth-order valence-electron chi connectivity index (χ4n) is 2.86. The van der Waals surface area contributed by atoms with E-state index in [2.05, 4.69) is 34.3 Å². The molecule has 0 radical (unpaired) electrons. The number of piperazine rings is 1. The van der Waals surface area contributed by atoms with Gasteiger partial charge in [-0.2, -0.15) is 0 Å². The molecule has 0 saturated carbocycles. The van der Waals surface area contributed by atoms with E-state index in [1.165, 1.54) is 29.6 Å². The summed E-state index contributed by atoms with van der Waals surface area (Å²) in [7, 11) is 2.14. The van der Waals surface area contributed by atoms with Crippen molar-refractivity contribution >= 4 is 29.0 Å². The van der Waals surface area contributed by atoms with Crippen LogP contribution < -0.4 is 10.2 Å². The largest absolute Gasteiger partial charge is 0.369 e. The number of hydrogen-bond acceptors (Lipinski definition) is 4. The molecule has 0 atom stereocenters. The SMILES string of the molecule is CN1CCN(c2ccc(NC(=O)CSCc3ccc(F)cc3)cc2)CC1. The summed E-state index contributed by atoms with van der Waals surface area (Å²) in [6, 6.07) is 14.4. The zero-order valence-electron chi connectivity index (χ0n) is 15.0. The highest BCUT2D eigenvalue weighted by Gasteiger charge is 2.14. The van der Waals surface area contributed by atoms with Gasteiger partial charge in [-0.1, -0.05) is 12.1 Å². The zero-order valence-corrected chi connectivity index (χ0v) is 15.8. The number of anilines is 2. The summed E-state index contributed by atoms with van der Waals surface area (Å²) in [5.41, 5.74) is 3.03. The molecule has 2 aromatic rings. The standard InChI is InChI=1S/C20H24FN3OS/c1-23-10-12-24(13-11-23)19-8-6-18(7-9-19)22-20(25)15-26-14-16-2-4-17(21)5-3-16/h2-9H,10-15H2,1H3,(H,22,25). The first-order valence-electron chi connectivity index (χ1n) is 8.76. The van der Waals surface area contributed by atoms with E-state index in [9.17, 15) is 9.18 Å². The highest BCUT2D eigenvalue weighted by Crippen LogP contribution is 2.20. The molecule has 1 fully saturated rings. The summed E-state index contributed by atoms with van der Waals surface area (Å²) >= 11 is 1.52. The Morgan fingerprint density at radius 3 is 2.35 bits per heavy atom. The van der Waals surface area contributed by atoms with E-state index in [0.29, 0.717) is 11.5 Å². The molecular weight excluding hydrogens is 349 g/mol. The van der Waals surface area contributed by atoms with E-state index in [1.807, 2.05) is 12.1 Å². The maximum absolute atomic E-state index is 12.9. The van der Waals surface area contributed by atoms with Crippen molar-refractivity contribution in [3.63, 3.8) is 0 Å². The summed E-state index contributed by atoms with van der Waals surface area (Å²) in [4.78, 5) is 16.8. The number of amides is 1. The average Bonchev–Trinajstić information content (AvgIpc) is 2.65. The van der Waals surface area contributed by atoms with Gasteiger partial charge in [0.05, 0.1) is 5.75 Å². The second-order valence-electron chi connectivity index (χ2n) is 6.50. The first-order chi connectivity index (χ1) is 12.6. The fraction of sp³-hybridized carbons (Fsp3) is 0.350. The van der Waals surface area contributed by atoms with Gasteiger partial charge in [0.25, 0.3) is 0 Å². The van der Waals surface area contributed by atoms with Gasteiger partial charge in [0, 0.05) is 43.3 Å². The Kier molecular flexibility index (Phi) is 6.52. The number of carbonyl (C=O) groups is 1. The molecule has 1 aliphatic rings. The fourth-order valence-corrected chi connectivity index (χ4v) is 3.65. The Morgan fingerprint density at radius 2 is 1.69 bits per heavy atom. The summed E-state index contributed by atoms with van der Waals surface area (Å²) in [5.74, 6) is 0.800. The predicted octanol–water partition coefficient (Wildman–Crippen LogP) is 3.45. The van der Waals surface area contributed by atoms with Gasteiger partial charge in [-0.25, -0.2) is 4.39 Å². The lowest BCUT2D eigenvalue weighted by Crippen LogP contribution is -2.44. The molecule has 0 unspecified atom stereocenters. The topological polar surface area (TPSA) is 35.6 Å². The van der Waals surface area contributed by atoms with Gasteiger partial charge in [-0.15, -0.1) is 11.8 Å². The first kappa shape index (κ1) is 18.7. The van der Waals surface area contributed by atoms with E-state index < -0.39 is 0 Å². The molecule has 0 aliphatic carbocycles. The summed E-state index contributed by atoms with van der Waals surface area (Å²) in [5, 5.41) is 2.93. The van der Waals surface area contributed by atoms with Gasteiger partial charge in [0.2, 0.25) is 5.91 Å². The van der Waals surface area contributed by atoms with Crippen LogP contribution in [0.25, 0.3) is 0 Å². The number of nitrogens with zero attached hydrogens (tertiary/aromatic N) is 2. The quantitative estimate of drug-likeness (QED) is 0.841. The van der Waals surface area contributed by atoms with Crippen molar-refractivity contribution in [1.82, 2.24) is 4.90 Å². The maximum atomic E-state index is 12.9. The number of hydrogen-bond donors (Lipinski definition) is 1. The van der Waals surface area contributed by atoms with E-state index in [1.54, 1.807) is 12.1 Å². The summed E-state index contributed by atoms with van der Waals surface area (Å²) in [6.45, 7) is 4.21. The van der Waals surface area contributed by atoms with Crippen LogP contribution >= 0.6 is 11.8 Å². The van der Waals surface area contributed by atoms with E-state index in [0.717, 1.165) is 37.4 Å². The van der Waals surface area contributed by atoms with Crippen molar-refractivity contribution in [2.24, 2.45) is 0 Å². The van der Waals surface area contributed by atoms with Crippen molar-refractivity contribution in [2.75, 3.05) is 49.2 Å². The molecule has 4 nitrogen and oxygen atoms in total. The molecular formula is C20H24FN3OS. The van der Waals surface area contributed by atoms with Crippen molar-refractivity contribution < 1.29 is 9.18 Å². The third kappa shape index (κ3) is 5.47. The maximum Gasteiger partial charge on any atom is 0.234 e. The van der Waals surface area contributed by atoms with Gasteiger partial charge < -0.3 is 15.1 Å². The van der Waals surface area contributed by atoms with E-state index in [-0.39, 0.29) is 11.7 Å². The third-order valence-electron chi connectivity index (χ3n) is 4.43. The smallest absolute Gasteiger partial charge is 0.234 e. The van der Waals surface area contributed by atoms with Crippen molar-refractivity contribution in [3.8, 4) is 0 Å². The van der Waals surface area contributed by atoms with Crippen molar-refractivity contribution in [3.05, 3.63) is 59.9 Å². The molecule has 6 heteroatoms. The Morgan fingerprint density at radius 1 is 1.04 bits per heavy atom. The number of carbonyl (C=O) groups excluding carboxylic acids is 1. The Hall–Kier alpha value is -2.05. The Bertz CT molecular complexity index is 713. The Balaban J connectivity index is 1.43. The highest BCUT2D eigenvalue weighted by atomic mass is 32.2. The van der Waals surface area contributed by atoms with Crippen LogP contribution in [0.15, 0.2) is 48.5 Å². The molecule has 1 aliphatic heterocycles. The minimum atomic E-state index is -0.239. The number of halogens is 1. The van der Waals surface area contributed by atoms with Crippen LogP contribution in [0.2, 0.25) is 0 Å². The average molecular weight is 373 g/mol. The van der Waals surface area contributed by atoms with Gasteiger partial charge in [-0.05, 0) is 49.0 Å². The van der Waals surface area contributed by atoms with Crippen LogP contribution in [0, 0.1) is 5.82 Å². The number of likely N-dealkylation sites (N-methyl/N-ethyl adjacent to an activating group) is 1. The molecule has 2 aromatic carbocycles. The van der Waals surface area contributed by atoms with Crippen LogP contribution in [0.5, 0.6) is 0 Å². The number of benzene rings is 2. The molecule has 1 heterocycles. The van der Waals surface area contributed by atoms with Gasteiger partial charge >= 0.3 is 0 Å². The van der Waals surface area contributed by atoms with E-state index >= 15 is 0 Å². The second-order valence-corrected chi connectivity index (χ2v) is 7.49. The normalized spacial score (nSPS) is 15.1. The van der Waals surface area contributed by atoms with Crippen LogP contribution in [0.4, 0.5) is 15.8 Å². The van der Waals surface area contributed by atoms with Crippen molar-refractivity contribution in [2.45, 2.75) is 5.75 Å². The van der Waals surface area contributed by atoms with Crippen LogP contribution in [0.1, 0.15) is 5.56 Å². The highest BCUT2D eigenvalue weighted by molar-refractivity contribution is 7.99. The molecule has 26 heavy (non-hydrogen) atoms. The van der Waals surface area contributed by atoms with Gasteiger partial charge in [0.1, 0.15) is 5.82 Å². The molecule has 0 bridgehead atoms. The predicted molar refractivity (Wildman–Crippen MR) is 107 cm³/mol. The summed E-state index contributed by atoms with van der Waals surface area (Å²) in [6.07, 6.45) is 0.